The number of carbonyl (C=O) groups is 2. The van der Waals surface area contributed by atoms with E-state index in [0.29, 0.717) is 24.5 Å². The number of carboxylic acids is 1. The second-order valence-corrected chi connectivity index (χ2v) is 7.92. The summed E-state index contributed by atoms with van der Waals surface area (Å²) < 4.78 is 11.6. The first-order valence-electron chi connectivity index (χ1n) is 11.2. The number of aliphatic hydroxyl groups is 1. The second kappa shape index (κ2) is 11.2. The van der Waals surface area contributed by atoms with Crippen molar-refractivity contribution in [1.82, 2.24) is 0 Å². The van der Waals surface area contributed by atoms with Gasteiger partial charge in [-0.15, -0.1) is 0 Å². The number of rotatable bonds is 10. The summed E-state index contributed by atoms with van der Waals surface area (Å²) in [6.45, 7) is 0.544. The Kier molecular flexibility index (Phi) is 7.60. The van der Waals surface area contributed by atoms with Crippen molar-refractivity contribution in [3.8, 4) is 17.2 Å². The Balaban J connectivity index is 1.39. The molecule has 0 atom stereocenters. The van der Waals surface area contributed by atoms with Gasteiger partial charge in [0.2, 0.25) is 5.91 Å². The lowest BCUT2D eigenvalue weighted by Gasteiger charge is -2.10. The summed E-state index contributed by atoms with van der Waals surface area (Å²) in [7, 11) is 0. The molecule has 0 aliphatic heterocycles. The van der Waals surface area contributed by atoms with Crippen molar-refractivity contribution in [2.24, 2.45) is 0 Å². The van der Waals surface area contributed by atoms with Crippen LogP contribution in [-0.2, 0) is 11.2 Å². The molecule has 0 fully saturated rings. The number of nitrogens with one attached hydrogen (secondary N) is 1. The molecule has 0 unspecified atom stereocenters. The third-order valence-electron chi connectivity index (χ3n) is 5.31. The highest BCUT2D eigenvalue weighted by atomic mass is 16.5. The number of carbonyl (C=O) groups excluding carboxylic acids is 1. The number of hydrogen-bond acceptors (Lipinski definition) is 5. The Morgan fingerprint density at radius 3 is 2.23 bits per heavy atom. The van der Waals surface area contributed by atoms with Crippen molar-refractivity contribution in [1.29, 1.82) is 0 Å². The maximum absolute atomic E-state index is 12.4. The largest absolute Gasteiger partial charge is 0.493 e. The van der Waals surface area contributed by atoms with Gasteiger partial charge in [0.1, 0.15) is 17.2 Å². The van der Waals surface area contributed by atoms with Crippen LogP contribution in [0.3, 0.4) is 0 Å². The van der Waals surface area contributed by atoms with Gasteiger partial charge >= 0.3 is 5.97 Å². The van der Waals surface area contributed by atoms with Crippen molar-refractivity contribution in [2.75, 3.05) is 18.5 Å². The van der Waals surface area contributed by atoms with E-state index < -0.39 is 5.97 Å². The lowest BCUT2D eigenvalue weighted by Crippen LogP contribution is -2.16. The molecule has 0 heterocycles. The smallest absolute Gasteiger partial charge is 0.337 e. The molecule has 0 saturated heterocycles. The number of aromatic carboxylic acids is 1. The SMILES string of the molecule is O=C(Cc1ccc(Oc2ccc3ccc(OCCCO)cc3c2)cc1)Nc1ccccc1C(=O)O. The molecule has 0 radical (unpaired) electrons. The van der Waals surface area contributed by atoms with E-state index in [0.717, 1.165) is 22.1 Å². The van der Waals surface area contributed by atoms with E-state index in [-0.39, 0.29) is 30.2 Å². The van der Waals surface area contributed by atoms with Crippen LogP contribution < -0.4 is 14.8 Å². The number of amides is 1. The van der Waals surface area contributed by atoms with Gasteiger partial charge in [-0.2, -0.15) is 0 Å². The van der Waals surface area contributed by atoms with Gasteiger partial charge in [-0.3, -0.25) is 4.79 Å². The Labute approximate surface area is 202 Å². The molecule has 4 rings (SSSR count). The van der Waals surface area contributed by atoms with Crippen LogP contribution in [0.25, 0.3) is 10.8 Å². The van der Waals surface area contributed by atoms with Gasteiger partial charge in [-0.05, 0) is 64.9 Å². The topological polar surface area (TPSA) is 105 Å². The molecule has 0 bridgehead atoms. The highest BCUT2D eigenvalue weighted by Crippen LogP contribution is 2.28. The van der Waals surface area contributed by atoms with E-state index in [9.17, 15) is 14.7 Å². The quantitative estimate of drug-likeness (QED) is 0.272. The summed E-state index contributed by atoms with van der Waals surface area (Å²) in [5, 5.41) is 22.8. The predicted octanol–water partition coefficient (Wildman–Crippen LogP) is 5.27. The molecule has 0 aliphatic rings. The summed E-state index contributed by atoms with van der Waals surface area (Å²) in [5.74, 6) is 0.623. The van der Waals surface area contributed by atoms with Crippen molar-refractivity contribution >= 4 is 28.3 Å². The first kappa shape index (κ1) is 23.8. The van der Waals surface area contributed by atoms with Gasteiger partial charge in [0, 0.05) is 13.0 Å². The van der Waals surface area contributed by atoms with Gasteiger partial charge < -0.3 is 25.0 Å². The zero-order valence-corrected chi connectivity index (χ0v) is 18.9. The number of ether oxygens (including phenoxy) is 2. The third kappa shape index (κ3) is 6.37. The van der Waals surface area contributed by atoms with Crippen LogP contribution in [0.1, 0.15) is 22.3 Å². The minimum absolute atomic E-state index is 0.0452. The maximum Gasteiger partial charge on any atom is 0.337 e. The fraction of sp³-hybridized carbons (Fsp3) is 0.143. The molecule has 7 nitrogen and oxygen atoms in total. The van der Waals surface area contributed by atoms with Crippen molar-refractivity contribution in [2.45, 2.75) is 12.8 Å². The number of carboxylic acid groups (broad SMARTS) is 1. The minimum Gasteiger partial charge on any atom is -0.493 e. The fourth-order valence-electron chi connectivity index (χ4n) is 3.58. The van der Waals surface area contributed by atoms with Gasteiger partial charge in [-0.25, -0.2) is 4.79 Å². The third-order valence-corrected chi connectivity index (χ3v) is 5.31. The molecule has 0 aliphatic carbocycles. The normalized spacial score (nSPS) is 10.7. The molecular weight excluding hydrogens is 446 g/mol. The van der Waals surface area contributed by atoms with E-state index in [1.807, 2.05) is 36.4 Å². The molecule has 4 aromatic carbocycles. The summed E-state index contributed by atoms with van der Waals surface area (Å²) in [5.41, 5.74) is 1.08. The lowest BCUT2D eigenvalue weighted by molar-refractivity contribution is -0.115. The Morgan fingerprint density at radius 1 is 0.800 bits per heavy atom. The van der Waals surface area contributed by atoms with Crippen LogP contribution in [0.4, 0.5) is 5.69 Å². The lowest BCUT2D eigenvalue weighted by atomic mass is 10.1. The zero-order valence-electron chi connectivity index (χ0n) is 18.9. The van der Waals surface area contributed by atoms with Gasteiger partial charge in [0.15, 0.2) is 0 Å². The molecule has 0 aromatic heterocycles. The first-order chi connectivity index (χ1) is 17.0. The average molecular weight is 472 g/mol. The van der Waals surface area contributed by atoms with Gasteiger partial charge in [0.05, 0.1) is 24.3 Å². The van der Waals surface area contributed by atoms with Gasteiger partial charge in [0.25, 0.3) is 0 Å². The summed E-state index contributed by atoms with van der Waals surface area (Å²) >= 11 is 0. The molecular formula is C28H25NO6. The predicted molar refractivity (Wildman–Crippen MR) is 133 cm³/mol. The number of para-hydroxylation sites is 1. The Morgan fingerprint density at radius 2 is 1.49 bits per heavy atom. The number of hydrogen-bond donors (Lipinski definition) is 3. The van der Waals surface area contributed by atoms with Crippen molar-refractivity contribution in [3.05, 3.63) is 96.1 Å². The van der Waals surface area contributed by atoms with Crippen LogP contribution in [-0.4, -0.2) is 35.3 Å². The molecule has 7 heteroatoms. The minimum atomic E-state index is -1.10. The number of aliphatic hydroxyl groups excluding tert-OH is 1. The van der Waals surface area contributed by atoms with E-state index in [1.54, 1.807) is 42.5 Å². The second-order valence-electron chi connectivity index (χ2n) is 7.92. The van der Waals surface area contributed by atoms with Crippen molar-refractivity contribution in [3.63, 3.8) is 0 Å². The van der Waals surface area contributed by atoms with Crippen LogP contribution in [0.2, 0.25) is 0 Å². The van der Waals surface area contributed by atoms with E-state index in [2.05, 4.69) is 5.32 Å². The zero-order chi connectivity index (χ0) is 24.6. The van der Waals surface area contributed by atoms with E-state index >= 15 is 0 Å². The summed E-state index contributed by atoms with van der Waals surface area (Å²) in [6.07, 6.45) is 0.678. The fourth-order valence-corrected chi connectivity index (χ4v) is 3.58. The summed E-state index contributed by atoms with van der Waals surface area (Å²) in [4.78, 5) is 23.7. The van der Waals surface area contributed by atoms with Crippen LogP contribution in [0.5, 0.6) is 17.2 Å². The first-order valence-corrected chi connectivity index (χ1v) is 11.2. The number of fused-ring (bicyclic) bond motifs is 1. The van der Waals surface area contributed by atoms with E-state index in [1.165, 1.54) is 6.07 Å². The molecule has 0 spiro atoms. The highest BCUT2D eigenvalue weighted by Gasteiger charge is 2.12. The molecule has 0 saturated carbocycles. The number of benzene rings is 4. The molecule has 3 N–H and O–H groups in total. The van der Waals surface area contributed by atoms with Crippen LogP contribution >= 0.6 is 0 Å². The van der Waals surface area contributed by atoms with Crippen LogP contribution in [0.15, 0.2) is 84.9 Å². The Hall–Kier alpha value is -4.36. The standard InChI is InChI=1S/C28H25NO6/c30-14-3-15-34-23-12-8-20-9-13-24(18-21(20)17-23)35-22-10-6-19(7-11-22)16-27(31)29-26-5-2-1-4-25(26)28(32)33/h1-2,4-13,17-18,30H,3,14-16H2,(H,29,31)(H,32,33). The highest BCUT2D eigenvalue weighted by molar-refractivity contribution is 6.01. The van der Waals surface area contributed by atoms with E-state index in [4.69, 9.17) is 14.6 Å². The molecule has 35 heavy (non-hydrogen) atoms. The summed E-state index contributed by atoms with van der Waals surface area (Å²) in [6, 6.07) is 25.0. The monoisotopic (exact) mass is 471 g/mol. The molecule has 4 aromatic rings. The van der Waals surface area contributed by atoms with Crippen molar-refractivity contribution < 1.29 is 29.3 Å². The number of anilines is 1. The van der Waals surface area contributed by atoms with Gasteiger partial charge in [-0.1, -0.05) is 36.4 Å². The average Bonchev–Trinajstić information content (AvgIpc) is 2.85. The molecule has 1 amide bonds. The molecule has 178 valence electrons. The maximum atomic E-state index is 12.4. The van der Waals surface area contributed by atoms with Crippen LogP contribution in [0, 0.1) is 0 Å². The Bertz CT molecular complexity index is 1330.